The van der Waals surface area contributed by atoms with Gasteiger partial charge < -0.3 is 15.3 Å². The van der Waals surface area contributed by atoms with Gasteiger partial charge in [0.05, 0.1) is 5.75 Å². The molecule has 0 aromatic carbocycles. The molecule has 0 bridgehead atoms. The summed E-state index contributed by atoms with van der Waals surface area (Å²) in [6.07, 6.45) is 0.907. The Bertz CT molecular complexity index is 504. The second kappa shape index (κ2) is 6.87. The minimum absolute atomic E-state index is 0.0684. The van der Waals surface area contributed by atoms with Gasteiger partial charge >= 0.3 is 12.0 Å². The van der Waals surface area contributed by atoms with Gasteiger partial charge in [-0.3, -0.25) is 0 Å². The highest BCUT2D eigenvalue weighted by Crippen LogP contribution is 2.29. The third-order valence-corrected chi connectivity index (χ3v) is 5.36. The highest BCUT2D eigenvalue weighted by Gasteiger charge is 2.31. The molecule has 0 aliphatic carbocycles. The summed E-state index contributed by atoms with van der Waals surface area (Å²) in [7, 11) is -3.26. The first-order chi connectivity index (χ1) is 9.50. The topological polar surface area (TPSA) is 104 Å². The van der Waals surface area contributed by atoms with Gasteiger partial charge in [0.25, 0.3) is 0 Å². The predicted octanol–water partition coefficient (Wildman–Crippen LogP) is 0.411. The van der Waals surface area contributed by atoms with Crippen LogP contribution in [0.2, 0.25) is 0 Å². The zero-order valence-corrected chi connectivity index (χ0v) is 14.1. The van der Waals surface area contributed by atoms with Gasteiger partial charge in [0, 0.05) is 29.8 Å². The predicted molar refractivity (Wildman–Crippen MR) is 82.4 cm³/mol. The molecular weight excluding hydrogens is 316 g/mol. The zero-order valence-electron chi connectivity index (χ0n) is 12.5. The van der Waals surface area contributed by atoms with Crippen LogP contribution in [-0.2, 0) is 14.6 Å². The second-order valence-corrected chi connectivity index (χ2v) is 9.85. The molecule has 0 saturated carbocycles. The van der Waals surface area contributed by atoms with E-state index >= 15 is 0 Å². The Hall–Kier alpha value is -0.960. The smallest absolute Gasteiger partial charge is 0.326 e. The average molecular weight is 338 g/mol. The van der Waals surface area contributed by atoms with Gasteiger partial charge in [-0.15, -0.1) is 0 Å². The quantitative estimate of drug-likeness (QED) is 0.752. The average Bonchev–Trinajstić information content (AvgIpc) is 2.31. The van der Waals surface area contributed by atoms with Crippen LogP contribution in [-0.4, -0.2) is 72.1 Å². The van der Waals surface area contributed by atoms with E-state index in [1.165, 1.54) is 0 Å². The standard InChI is InChI=1S/C12H22N2O5S2/c1-12(2)8-14(5-6-20-12)11(17)13-9(10(15)16)4-7-21(3,18)19/h9H,4-8H2,1-3H3,(H,13,17)(H,15,16). The third-order valence-electron chi connectivity index (χ3n) is 3.09. The summed E-state index contributed by atoms with van der Waals surface area (Å²) in [5, 5.41) is 11.5. The maximum atomic E-state index is 12.1. The van der Waals surface area contributed by atoms with E-state index in [0.29, 0.717) is 13.1 Å². The van der Waals surface area contributed by atoms with E-state index in [1.807, 2.05) is 13.8 Å². The van der Waals surface area contributed by atoms with Gasteiger partial charge in [-0.1, -0.05) is 0 Å². The van der Waals surface area contributed by atoms with Crippen molar-refractivity contribution in [1.82, 2.24) is 10.2 Å². The molecule has 9 heteroatoms. The van der Waals surface area contributed by atoms with Crippen LogP contribution in [0, 0.1) is 0 Å². The number of nitrogens with zero attached hydrogens (tertiary/aromatic N) is 1. The molecule has 1 rings (SSSR count). The monoisotopic (exact) mass is 338 g/mol. The fourth-order valence-corrected chi connectivity index (χ4v) is 3.79. The van der Waals surface area contributed by atoms with Crippen LogP contribution in [0.15, 0.2) is 0 Å². The lowest BCUT2D eigenvalue weighted by atomic mass is 10.2. The Morgan fingerprint density at radius 1 is 1.43 bits per heavy atom. The first kappa shape index (κ1) is 18.1. The van der Waals surface area contributed by atoms with Crippen LogP contribution >= 0.6 is 11.8 Å². The van der Waals surface area contributed by atoms with Crippen LogP contribution in [0.1, 0.15) is 20.3 Å². The number of rotatable bonds is 5. The van der Waals surface area contributed by atoms with Gasteiger partial charge in [-0.05, 0) is 20.3 Å². The lowest BCUT2D eigenvalue weighted by Gasteiger charge is -2.37. The summed E-state index contributed by atoms with van der Waals surface area (Å²) < 4.78 is 22.2. The van der Waals surface area contributed by atoms with Crippen molar-refractivity contribution in [1.29, 1.82) is 0 Å². The second-order valence-electron chi connectivity index (χ2n) is 5.79. The molecule has 7 nitrogen and oxygen atoms in total. The summed E-state index contributed by atoms with van der Waals surface area (Å²) in [5.41, 5.74) is 0. The van der Waals surface area contributed by atoms with E-state index in [0.717, 1.165) is 12.0 Å². The van der Waals surface area contributed by atoms with Crippen molar-refractivity contribution in [3.63, 3.8) is 0 Å². The summed E-state index contributed by atoms with van der Waals surface area (Å²) in [6.45, 7) is 5.13. The number of hydrogen-bond donors (Lipinski definition) is 2. The lowest BCUT2D eigenvalue weighted by Crippen LogP contribution is -2.53. The molecule has 2 N–H and O–H groups in total. The molecule has 1 fully saturated rings. The van der Waals surface area contributed by atoms with Crippen LogP contribution in [0.4, 0.5) is 4.79 Å². The van der Waals surface area contributed by atoms with Gasteiger partial charge in [-0.25, -0.2) is 18.0 Å². The summed E-state index contributed by atoms with van der Waals surface area (Å²) >= 11 is 1.76. The molecule has 21 heavy (non-hydrogen) atoms. The molecule has 1 aliphatic rings. The molecule has 0 aromatic rings. The first-order valence-electron chi connectivity index (χ1n) is 6.60. The molecule has 1 atom stereocenters. The number of aliphatic carboxylic acids is 1. The molecule has 1 unspecified atom stereocenters. The Labute approximate surface area is 129 Å². The van der Waals surface area contributed by atoms with Gasteiger partial charge in [0.15, 0.2) is 0 Å². The van der Waals surface area contributed by atoms with Crippen LogP contribution in [0.5, 0.6) is 0 Å². The fourth-order valence-electron chi connectivity index (χ4n) is 2.02. The number of carboxylic acids is 1. The minimum atomic E-state index is -3.26. The van der Waals surface area contributed by atoms with Crippen molar-refractivity contribution in [2.24, 2.45) is 0 Å². The third kappa shape index (κ3) is 6.56. The first-order valence-corrected chi connectivity index (χ1v) is 9.65. The number of carbonyl (C=O) groups excluding carboxylic acids is 1. The maximum Gasteiger partial charge on any atom is 0.326 e. The maximum absolute atomic E-state index is 12.1. The fraction of sp³-hybridized carbons (Fsp3) is 0.833. The largest absolute Gasteiger partial charge is 0.480 e. The van der Waals surface area contributed by atoms with Gasteiger partial charge in [0.1, 0.15) is 15.9 Å². The van der Waals surface area contributed by atoms with Crippen molar-refractivity contribution >= 4 is 33.6 Å². The Morgan fingerprint density at radius 2 is 2.05 bits per heavy atom. The Kier molecular flexibility index (Phi) is 5.92. The van der Waals surface area contributed by atoms with Gasteiger partial charge in [0.2, 0.25) is 0 Å². The highest BCUT2D eigenvalue weighted by atomic mass is 32.2. The normalized spacial score (nSPS) is 19.9. The van der Waals surface area contributed by atoms with Crippen LogP contribution in [0.25, 0.3) is 0 Å². The lowest BCUT2D eigenvalue weighted by molar-refractivity contribution is -0.139. The molecule has 1 heterocycles. The van der Waals surface area contributed by atoms with E-state index in [2.05, 4.69) is 5.32 Å². The van der Waals surface area contributed by atoms with Crippen molar-refractivity contribution in [2.45, 2.75) is 31.1 Å². The van der Waals surface area contributed by atoms with Crippen molar-refractivity contribution < 1.29 is 23.1 Å². The van der Waals surface area contributed by atoms with E-state index in [-0.39, 0.29) is 16.9 Å². The molecule has 0 radical (unpaired) electrons. The number of thioether (sulfide) groups is 1. The summed E-state index contributed by atoms with van der Waals surface area (Å²) in [6, 6.07) is -1.64. The number of carboxylic acid groups (broad SMARTS) is 1. The van der Waals surface area contributed by atoms with Crippen molar-refractivity contribution in [2.75, 3.05) is 30.9 Å². The zero-order chi connectivity index (χ0) is 16.3. The number of carbonyl (C=O) groups is 2. The number of sulfone groups is 1. The number of hydrogen-bond acceptors (Lipinski definition) is 5. The SMILES string of the molecule is CC1(C)CN(C(=O)NC(CCS(C)(=O)=O)C(=O)O)CCS1. The van der Waals surface area contributed by atoms with E-state index in [9.17, 15) is 18.0 Å². The van der Waals surface area contributed by atoms with E-state index in [1.54, 1.807) is 16.7 Å². The van der Waals surface area contributed by atoms with Crippen molar-refractivity contribution in [3.05, 3.63) is 0 Å². The van der Waals surface area contributed by atoms with Crippen LogP contribution in [0.3, 0.4) is 0 Å². The highest BCUT2D eigenvalue weighted by molar-refractivity contribution is 8.00. The molecule has 122 valence electrons. The van der Waals surface area contributed by atoms with Crippen molar-refractivity contribution in [3.8, 4) is 0 Å². The Morgan fingerprint density at radius 3 is 2.52 bits per heavy atom. The van der Waals surface area contributed by atoms with E-state index in [4.69, 9.17) is 5.11 Å². The minimum Gasteiger partial charge on any atom is -0.480 e. The summed E-state index contributed by atoms with van der Waals surface area (Å²) in [5.74, 6) is -0.703. The molecule has 0 aromatic heterocycles. The van der Waals surface area contributed by atoms with Gasteiger partial charge in [-0.2, -0.15) is 11.8 Å². The molecule has 1 saturated heterocycles. The number of urea groups is 1. The number of amides is 2. The summed E-state index contributed by atoms with van der Waals surface area (Å²) in [4.78, 5) is 24.8. The Balaban J connectivity index is 2.62. The number of nitrogens with one attached hydrogen (secondary N) is 1. The molecular formula is C12H22N2O5S2. The molecule has 1 aliphatic heterocycles. The van der Waals surface area contributed by atoms with Crippen LogP contribution < -0.4 is 5.32 Å². The van der Waals surface area contributed by atoms with E-state index < -0.39 is 27.9 Å². The molecule has 0 spiro atoms. The molecule has 2 amide bonds.